The Morgan fingerprint density at radius 3 is 2.60 bits per heavy atom. The number of hydrogen-bond donors (Lipinski definition) is 0. The van der Waals surface area contributed by atoms with E-state index in [1.807, 2.05) is 0 Å². The zero-order valence-electron chi connectivity index (χ0n) is 14.8. The summed E-state index contributed by atoms with van der Waals surface area (Å²) in [6.07, 6.45) is 3.80. The summed E-state index contributed by atoms with van der Waals surface area (Å²) in [6, 6.07) is 8.83. The Morgan fingerprint density at radius 2 is 1.92 bits per heavy atom. The maximum Gasteiger partial charge on any atom is 0.0320 e. The fourth-order valence-corrected chi connectivity index (χ4v) is 4.91. The third-order valence-electron chi connectivity index (χ3n) is 5.01. The van der Waals surface area contributed by atoms with Gasteiger partial charge in [0.25, 0.3) is 0 Å². The standard InChI is InChI=1S/C20H26Br2N2S/c1-23(14-18-7-11-25-15-18)13-17-5-9-24(10-6-17)8-4-16-2-3-19(21)20(22)12-16/h2-3,7,11-12,15,17H,4-6,8-10,13-14H2,1H3. The van der Waals surface area contributed by atoms with Gasteiger partial charge in [-0.3, -0.25) is 0 Å². The van der Waals surface area contributed by atoms with Gasteiger partial charge in [-0.2, -0.15) is 11.3 Å². The molecule has 0 amide bonds. The van der Waals surface area contributed by atoms with E-state index in [0.717, 1.165) is 27.8 Å². The molecule has 0 atom stereocenters. The van der Waals surface area contributed by atoms with E-state index in [1.165, 1.54) is 50.1 Å². The summed E-state index contributed by atoms with van der Waals surface area (Å²) in [5.74, 6) is 0.849. The van der Waals surface area contributed by atoms with Gasteiger partial charge in [0.1, 0.15) is 0 Å². The van der Waals surface area contributed by atoms with Crippen molar-refractivity contribution >= 4 is 43.2 Å². The fourth-order valence-electron chi connectivity index (χ4n) is 3.57. The van der Waals surface area contributed by atoms with Crippen LogP contribution in [0.2, 0.25) is 0 Å². The molecule has 1 aromatic carbocycles. The van der Waals surface area contributed by atoms with Crippen molar-refractivity contribution in [1.82, 2.24) is 9.80 Å². The molecule has 0 aliphatic carbocycles. The van der Waals surface area contributed by atoms with Crippen molar-refractivity contribution in [3.8, 4) is 0 Å². The number of thiophene rings is 1. The maximum atomic E-state index is 3.60. The third kappa shape index (κ3) is 6.17. The van der Waals surface area contributed by atoms with Crippen molar-refractivity contribution in [2.24, 2.45) is 5.92 Å². The van der Waals surface area contributed by atoms with Gasteiger partial charge in [-0.1, -0.05) is 6.07 Å². The van der Waals surface area contributed by atoms with Crippen LogP contribution in [-0.4, -0.2) is 43.0 Å². The molecule has 2 aromatic rings. The lowest BCUT2D eigenvalue weighted by Crippen LogP contribution is -2.38. The highest BCUT2D eigenvalue weighted by Gasteiger charge is 2.20. The molecule has 1 saturated heterocycles. The Bertz CT molecular complexity index is 652. The summed E-state index contributed by atoms with van der Waals surface area (Å²) >= 11 is 8.93. The van der Waals surface area contributed by atoms with Crippen LogP contribution in [0.5, 0.6) is 0 Å². The molecule has 1 aromatic heterocycles. The van der Waals surface area contributed by atoms with Crippen LogP contribution in [0, 0.1) is 5.92 Å². The van der Waals surface area contributed by atoms with Crippen molar-refractivity contribution in [1.29, 1.82) is 0 Å². The molecular weight excluding hydrogens is 460 g/mol. The van der Waals surface area contributed by atoms with Crippen LogP contribution < -0.4 is 0 Å². The van der Waals surface area contributed by atoms with E-state index in [9.17, 15) is 0 Å². The Labute approximate surface area is 172 Å². The van der Waals surface area contributed by atoms with Crippen LogP contribution in [0.25, 0.3) is 0 Å². The first kappa shape index (κ1) is 19.6. The Morgan fingerprint density at radius 1 is 1.12 bits per heavy atom. The molecule has 0 N–H and O–H groups in total. The lowest BCUT2D eigenvalue weighted by molar-refractivity contribution is 0.153. The number of likely N-dealkylation sites (tertiary alicyclic amines) is 1. The minimum atomic E-state index is 0.849. The Kier molecular flexibility index (Phi) is 7.55. The van der Waals surface area contributed by atoms with Gasteiger partial charge >= 0.3 is 0 Å². The molecule has 0 bridgehead atoms. The summed E-state index contributed by atoms with van der Waals surface area (Å²) in [6.45, 7) is 5.97. The SMILES string of the molecule is CN(Cc1ccsc1)CC1CCN(CCc2ccc(Br)c(Br)c2)CC1. The van der Waals surface area contributed by atoms with E-state index in [4.69, 9.17) is 0 Å². The minimum absolute atomic E-state index is 0.849. The molecule has 25 heavy (non-hydrogen) atoms. The molecule has 0 saturated carbocycles. The van der Waals surface area contributed by atoms with E-state index >= 15 is 0 Å². The summed E-state index contributed by atoms with van der Waals surface area (Å²) in [5.41, 5.74) is 2.86. The zero-order chi connectivity index (χ0) is 17.6. The highest BCUT2D eigenvalue weighted by Crippen LogP contribution is 2.24. The molecular formula is C20H26Br2N2S. The summed E-state index contributed by atoms with van der Waals surface area (Å²) < 4.78 is 2.28. The molecule has 2 nitrogen and oxygen atoms in total. The highest BCUT2D eigenvalue weighted by molar-refractivity contribution is 9.13. The lowest BCUT2D eigenvalue weighted by Gasteiger charge is -2.34. The quantitative estimate of drug-likeness (QED) is 0.499. The smallest absolute Gasteiger partial charge is 0.0320 e. The third-order valence-corrected chi connectivity index (χ3v) is 7.62. The number of piperidine rings is 1. The van der Waals surface area contributed by atoms with Crippen molar-refractivity contribution < 1.29 is 0 Å². The summed E-state index contributed by atoms with van der Waals surface area (Å²) in [7, 11) is 2.26. The van der Waals surface area contributed by atoms with E-state index in [2.05, 4.69) is 83.7 Å². The van der Waals surface area contributed by atoms with Crippen molar-refractivity contribution in [2.45, 2.75) is 25.8 Å². The molecule has 1 aliphatic rings. The highest BCUT2D eigenvalue weighted by atomic mass is 79.9. The van der Waals surface area contributed by atoms with E-state index in [-0.39, 0.29) is 0 Å². The number of rotatable bonds is 7. The van der Waals surface area contributed by atoms with Gasteiger partial charge in [-0.15, -0.1) is 0 Å². The molecule has 0 unspecified atom stereocenters. The zero-order valence-corrected chi connectivity index (χ0v) is 18.7. The van der Waals surface area contributed by atoms with Crippen LogP contribution in [-0.2, 0) is 13.0 Å². The van der Waals surface area contributed by atoms with Crippen LogP contribution >= 0.6 is 43.2 Å². The second kappa shape index (κ2) is 9.65. The maximum absolute atomic E-state index is 3.60. The second-order valence-corrected chi connectivity index (χ2v) is 9.60. The Hall–Kier alpha value is -0.200. The van der Waals surface area contributed by atoms with Crippen LogP contribution in [0.4, 0.5) is 0 Å². The predicted octanol–water partition coefficient (Wildman–Crippen LogP) is 5.66. The van der Waals surface area contributed by atoms with Crippen LogP contribution in [0.1, 0.15) is 24.0 Å². The van der Waals surface area contributed by atoms with E-state index < -0.39 is 0 Å². The Balaban J connectivity index is 1.37. The van der Waals surface area contributed by atoms with E-state index in [0.29, 0.717) is 0 Å². The normalized spacial score (nSPS) is 16.6. The van der Waals surface area contributed by atoms with Crippen molar-refractivity contribution in [3.63, 3.8) is 0 Å². The number of halogens is 2. The van der Waals surface area contributed by atoms with Crippen LogP contribution in [0.3, 0.4) is 0 Å². The molecule has 1 fully saturated rings. The van der Waals surface area contributed by atoms with Crippen molar-refractivity contribution in [2.75, 3.05) is 33.2 Å². The molecule has 136 valence electrons. The molecule has 1 aliphatic heterocycles. The van der Waals surface area contributed by atoms with Gasteiger partial charge in [0.2, 0.25) is 0 Å². The monoisotopic (exact) mass is 484 g/mol. The van der Waals surface area contributed by atoms with Crippen LogP contribution in [0.15, 0.2) is 44.0 Å². The molecule has 5 heteroatoms. The van der Waals surface area contributed by atoms with Gasteiger partial charge in [0.15, 0.2) is 0 Å². The largest absolute Gasteiger partial charge is 0.303 e. The molecule has 3 rings (SSSR count). The van der Waals surface area contributed by atoms with Gasteiger partial charge in [-0.05, 0) is 117 Å². The topological polar surface area (TPSA) is 6.48 Å². The summed E-state index contributed by atoms with van der Waals surface area (Å²) in [5, 5.41) is 4.44. The molecule has 0 spiro atoms. The van der Waals surface area contributed by atoms with E-state index in [1.54, 1.807) is 11.3 Å². The first-order chi connectivity index (χ1) is 12.1. The lowest BCUT2D eigenvalue weighted by atomic mass is 9.96. The summed E-state index contributed by atoms with van der Waals surface area (Å²) in [4.78, 5) is 5.12. The minimum Gasteiger partial charge on any atom is -0.303 e. The molecule has 0 radical (unpaired) electrons. The first-order valence-corrected chi connectivity index (χ1v) is 11.5. The van der Waals surface area contributed by atoms with Gasteiger partial charge < -0.3 is 9.80 Å². The predicted molar refractivity (Wildman–Crippen MR) is 115 cm³/mol. The number of nitrogens with zero attached hydrogens (tertiary/aromatic N) is 2. The number of hydrogen-bond acceptors (Lipinski definition) is 3. The van der Waals surface area contributed by atoms with Crippen molar-refractivity contribution in [3.05, 3.63) is 55.1 Å². The molecule has 2 heterocycles. The fraction of sp³-hybridized carbons (Fsp3) is 0.500. The average Bonchev–Trinajstić information content (AvgIpc) is 3.10. The second-order valence-electron chi connectivity index (χ2n) is 7.11. The van der Waals surface area contributed by atoms with Gasteiger partial charge in [-0.25, -0.2) is 0 Å². The first-order valence-electron chi connectivity index (χ1n) is 8.96. The van der Waals surface area contributed by atoms with Gasteiger partial charge in [0, 0.05) is 28.6 Å². The number of benzene rings is 1. The average molecular weight is 486 g/mol. The van der Waals surface area contributed by atoms with Gasteiger partial charge in [0.05, 0.1) is 0 Å².